The molecule has 10 nitrogen and oxygen atoms in total. The second-order valence-corrected chi connectivity index (χ2v) is 11.1. The number of benzene rings is 1. The SMILES string of the molecule is N#CC1CCN(C(=O)C(NC(=O)c2cn(SF)c3ncc(-n4ncc5cc(Cl)c(Cl)cc54)nc23)C2CC2)CC1. The predicted molar refractivity (Wildman–Crippen MR) is 145 cm³/mol. The largest absolute Gasteiger partial charge is 0.341 e. The van der Waals surface area contributed by atoms with Crippen molar-refractivity contribution in [3.8, 4) is 11.9 Å². The van der Waals surface area contributed by atoms with E-state index in [-0.39, 0.29) is 46.8 Å². The Morgan fingerprint density at radius 1 is 1.15 bits per heavy atom. The van der Waals surface area contributed by atoms with Gasteiger partial charge in [-0.2, -0.15) is 10.4 Å². The van der Waals surface area contributed by atoms with Crippen molar-refractivity contribution in [2.24, 2.45) is 11.8 Å². The molecular weight excluding hydrogens is 566 g/mol. The highest BCUT2D eigenvalue weighted by Crippen LogP contribution is 2.35. The number of halogens is 3. The van der Waals surface area contributed by atoms with Crippen molar-refractivity contribution in [3.63, 3.8) is 0 Å². The van der Waals surface area contributed by atoms with Crippen LogP contribution in [0.2, 0.25) is 10.0 Å². The first-order valence-electron chi connectivity index (χ1n) is 12.4. The number of aromatic nitrogens is 5. The fourth-order valence-corrected chi connectivity index (χ4v) is 5.61. The molecular formula is C25H21Cl2FN8O2S. The third kappa shape index (κ3) is 4.79. The number of nitrogens with zero attached hydrogens (tertiary/aromatic N) is 7. The molecule has 1 N–H and O–H groups in total. The monoisotopic (exact) mass is 586 g/mol. The lowest BCUT2D eigenvalue weighted by Gasteiger charge is -2.32. The smallest absolute Gasteiger partial charge is 0.255 e. The first kappa shape index (κ1) is 25.9. The van der Waals surface area contributed by atoms with E-state index in [2.05, 4.69) is 26.5 Å². The van der Waals surface area contributed by atoms with Crippen molar-refractivity contribution in [2.75, 3.05) is 13.1 Å². The van der Waals surface area contributed by atoms with E-state index >= 15 is 0 Å². The Kier molecular flexibility index (Phi) is 6.82. The molecule has 2 aliphatic rings. The number of nitrogens with one attached hydrogen (secondary N) is 1. The third-order valence-corrected chi connectivity index (χ3v) is 8.38. The first-order valence-corrected chi connectivity index (χ1v) is 13.8. The molecule has 1 aromatic carbocycles. The lowest BCUT2D eigenvalue weighted by atomic mass is 9.97. The number of rotatable bonds is 6. The second kappa shape index (κ2) is 10.3. The van der Waals surface area contributed by atoms with Gasteiger partial charge in [0.15, 0.2) is 23.8 Å². The summed E-state index contributed by atoms with van der Waals surface area (Å²) >= 11 is 12.2. The van der Waals surface area contributed by atoms with Crippen LogP contribution in [0.4, 0.5) is 3.89 Å². The highest BCUT2D eigenvalue weighted by Gasteiger charge is 2.40. The Balaban J connectivity index is 1.32. The summed E-state index contributed by atoms with van der Waals surface area (Å²) in [7, 11) is 0. The van der Waals surface area contributed by atoms with Crippen molar-refractivity contribution >= 4 is 69.4 Å². The number of fused-ring (bicyclic) bond motifs is 2. The van der Waals surface area contributed by atoms with E-state index in [1.807, 2.05) is 0 Å². The molecule has 200 valence electrons. The Morgan fingerprint density at radius 2 is 1.90 bits per heavy atom. The molecule has 1 atom stereocenters. The van der Waals surface area contributed by atoms with Gasteiger partial charge in [-0.1, -0.05) is 23.2 Å². The molecule has 2 fully saturated rings. The zero-order valence-corrected chi connectivity index (χ0v) is 22.7. The van der Waals surface area contributed by atoms with Gasteiger partial charge in [-0.05, 0) is 43.7 Å². The molecule has 3 aromatic heterocycles. The topological polar surface area (TPSA) is 122 Å². The van der Waals surface area contributed by atoms with Gasteiger partial charge in [0, 0.05) is 30.6 Å². The van der Waals surface area contributed by atoms with Crippen LogP contribution in [0.1, 0.15) is 36.0 Å². The maximum atomic E-state index is 13.8. The van der Waals surface area contributed by atoms with E-state index in [0.29, 0.717) is 47.3 Å². The van der Waals surface area contributed by atoms with Crippen LogP contribution in [-0.4, -0.2) is 59.6 Å². The van der Waals surface area contributed by atoms with Gasteiger partial charge in [0.25, 0.3) is 5.91 Å². The van der Waals surface area contributed by atoms with Gasteiger partial charge < -0.3 is 10.2 Å². The number of carbonyl (C=O) groups excluding carboxylic acids is 2. The van der Waals surface area contributed by atoms with Crippen molar-refractivity contribution in [1.82, 2.24) is 33.9 Å². The summed E-state index contributed by atoms with van der Waals surface area (Å²) in [6.45, 7) is 0.964. The molecule has 14 heteroatoms. The Labute approximate surface area is 236 Å². The molecule has 0 radical (unpaired) electrons. The Bertz CT molecular complexity index is 1660. The van der Waals surface area contributed by atoms with Crippen molar-refractivity contribution in [2.45, 2.75) is 31.7 Å². The zero-order chi connectivity index (χ0) is 27.3. The molecule has 4 aromatic rings. The number of hydrogen-bond acceptors (Lipinski definition) is 7. The van der Waals surface area contributed by atoms with Crippen molar-refractivity contribution in [1.29, 1.82) is 5.26 Å². The van der Waals surface area contributed by atoms with E-state index < -0.39 is 11.9 Å². The third-order valence-electron chi connectivity index (χ3n) is 7.23. The maximum Gasteiger partial charge on any atom is 0.255 e. The standard InChI is InChI=1S/C25H21Cl2FN8O2S/c26-17-7-15-10-31-36(19(15)8-18(17)27)20-11-30-23-22(32-20)16(12-35(23)39-28)24(37)33-21(14-1-2-14)25(38)34-5-3-13(9-29)4-6-34/h7-8,10-14,21H,1-6H2,(H,33,37). The van der Waals surface area contributed by atoms with Gasteiger partial charge in [-0.3, -0.25) is 9.59 Å². The van der Waals surface area contributed by atoms with E-state index in [0.717, 1.165) is 22.2 Å². The lowest BCUT2D eigenvalue weighted by molar-refractivity contribution is -0.135. The summed E-state index contributed by atoms with van der Waals surface area (Å²) in [5.41, 5.74) is 1.03. The number of carbonyl (C=O) groups is 2. The number of hydrogen-bond donors (Lipinski definition) is 1. The minimum absolute atomic E-state index is 0.0349. The molecule has 1 unspecified atom stereocenters. The Hall–Kier alpha value is -3.40. The zero-order valence-electron chi connectivity index (χ0n) is 20.4. The molecule has 39 heavy (non-hydrogen) atoms. The van der Waals surface area contributed by atoms with Crippen LogP contribution < -0.4 is 5.32 Å². The molecule has 1 aliphatic heterocycles. The molecule has 2 amide bonds. The molecule has 1 aliphatic carbocycles. The summed E-state index contributed by atoms with van der Waals surface area (Å²) in [5.74, 6) is -0.429. The van der Waals surface area contributed by atoms with E-state index in [4.69, 9.17) is 28.5 Å². The molecule has 6 rings (SSSR count). The van der Waals surface area contributed by atoms with Crippen molar-refractivity contribution < 1.29 is 13.5 Å². The maximum absolute atomic E-state index is 13.8. The predicted octanol–water partition coefficient (Wildman–Crippen LogP) is 4.73. The lowest BCUT2D eigenvalue weighted by Crippen LogP contribution is -2.51. The quantitative estimate of drug-likeness (QED) is 0.346. The fourth-order valence-electron chi connectivity index (χ4n) is 4.93. The number of likely N-dealkylation sites (tertiary alicyclic amines) is 1. The first-order chi connectivity index (χ1) is 18.9. The highest BCUT2D eigenvalue weighted by molar-refractivity contribution is 7.92. The van der Waals surface area contributed by atoms with Crippen LogP contribution in [-0.2, 0) is 4.79 Å². The van der Waals surface area contributed by atoms with Gasteiger partial charge >= 0.3 is 0 Å². The molecule has 4 heterocycles. The number of nitriles is 1. The number of amides is 2. The minimum Gasteiger partial charge on any atom is -0.341 e. The van der Waals surface area contributed by atoms with Gasteiger partial charge in [0.1, 0.15) is 11.6 Å². The summed E-state index contributed by atoms with van der Waals surface area (Å²) in [5, 5.41) is 17.9. The normalized spacial score (nSPS) is 16.9. The van der Waals surface area contributed by atoms with E-state index in [1.54, 1.807) is 23.2 Å². The van der Waals surface area contributed by atoms with E-state index in [9.17, 15) is 13.5 Å². The summed E-state index contributed by atoms with van der Waals surface area (Å²) in [6, 6.07) is 4.89. The van der Waals surface area contributed by atoms with Gasteiger partial charge in [-0.15, -0.1) is 3.89 Å². The molecule has 1 saturated carbocycles. The highest BCUT2D eigenvalue weighted by atomic mass is 35.5. The van der Waals surface area contributed by atoms with Crippen LogP contribution in [0.15, 0.2) is 30.7 Å². The second-order valence-electron chi connectivity index (χ2n) is 9.74. The molecule has 1 saturated heterocycles. The van der Waals surface area contributed by atoms with Crippen molar-refractivity contribution in [3.05, 3.63) is 46.3 Å². The average Bonchev–Trinajstić information content (AvgIpc) is 3.62. The summed E-state index contributed by atoms with van der Waals surface area (Å²) < 4.78 is 16.4. The van der Waals surface area contributed by atoms with E-state index in [1.165, 1.54) is 17.1 Å². The Morgan fingerprint density at radius 3 is 2.59 bits per heavy atom. The van der Waals surface area contributed by atoms with Gasteiger partial charge in [0.05, 0.1) is 39.6 Å². The average molecular weight is 587 g/mol. The van der Waals surface area contributed by atoms with Crippen LogP contribution in [0.3, 0.4) is 0 Å². The summed E-state index contributed by atoms with van der Waals surface area (Å²) in [6.07, 6.45) is 7.24. The summed E-state index contributed by atoms with van der Waals surface area (Å²) in [4.78, 5) is 37.5. The van der Waals surface area contributed by atoms with Crippen LogP contribution in [0.5, 0.6) is 0 Å². The minimum atomic E-state index is -0.703. The molecule has 0 spiro atoms. The fraction of sp³-hybridized carbons (Fsp3) is 0.360. The van der Waals surface area contributed by atoms with Crippen LogP contribution in [0.25, 0.3) is 27.9 Å². The van der Waals surface area contributed by atoms with Gasteiger partial charge in [-0.25, -0.2) is 18.6 Å². The number of piperidine rings is 1. The molecule has 0 bridgehead atoms. The van der Waals surface area contributed by atoms with Crippen LogP contribution >= 0.6 is 35.5 Å². The van der Waals surface area contributed by atoms with Crippen LogP contribution in [0, 0.1) is 23.2 Å². The van der Waals surface area contributed by atoms with Gasteiger partial charge in [0.2, 0.25) is 5.91 Å².